The number of nitriles is 1. The molecule has 0 aliphatic carbocycles. The molecule has 4 heteroatoms. The third-order valence-electron chi connectivity index (χ3n) is 2.15. The van der Waals surface area contributed by atoms with E-state index in [-0.39, 0.29) is 0 Å². The first-order valence-electron chi connectivity index (χ1n) is 5.08. The highest BCUT2D eigenvalue weighted by Gasteiger charge is 2.11. The number of nitrogens with zero attached hydrogens (tertiary/aromatic N) is 1. The van der Waals surface area contributed by atoms with Gasteiger partial charge in [0.2, 0.25) is 0 Å². The Morgan fingerprint density at radius 3 is 2.75 bits per heavy atom. The van der Waals surface area contributed by atoms with Gasteiger partial charge in [-0.05, 0) is 38.5 Å². The summed E-state index contributed by atoms with van der Waals surface area (Å²) in [6.45, 7) is 4.11. The van der Waals surface area contributed by atoms with E-state index in [2.05, 4.69) is 11.4 Å². The monoisotopic (exact) mass is 238 g/mol. The van der Waals surface area contributed by atoms with Crippen LogP contribution in [0.25, 0.3) is 0 Å². The maximum atomic E-state index is 9.54. The molecule has 16 heavy (non-hydrogen) atoms. The topological polar surface area (TPSA) is 56.0 Å². The molecule has 0 atom stereocenters. The molecule has 0 saturated heterocycles. The second kappa shape index (κ2) is 5.20. The van der Waals surface area contributed by atoms with Crippen molar-refractivity contribution in [3.05, 3.63) is 28.8 Å². The standard InChI is InChI=1S/C12H15ClN2O/c1-12(2,16)5-6-15-11-7-9(8-14)3-4-10(11)13/h3-4,7,15-16H,5-6H2,1-2H3. The van der Waals surface area contributed by atoms with Crippen LogP contribution in [0, 0.1) is 11.3 Å². The number of benzene rings is 1. The largest absolute Gasteiger partial charge is 0.390 e. The van der Waals surface area contributed by atoms with Crippen molar-refractivity contribution < 1.29 is 5.11 Å². The molecule has 0 radical (unpaired) electrons. The first-order valence-corrected chi connectivity index (χ1v) is 5.46. The van der Waals surface area contributed by atoms with Gasteiger partial charge < -0.3 is 10.4 Å². The molecule has 0 aliphatic rings. The number of halogens is 1. The molecule has 0 heterocycles. The second-order valence-corrected chi connectivity index (χ2v) is 4.70. The summed E-state index contributed by atoms with van der Waals surface area (Å²) < 4.78 is 0. The first-order chi connectivity index (χ1) is 7.42. The van der Waals surface area contributed by atoms with Crippen molar-refractivity contribution >= 4 is 17.3 Å². The fourth-order valence-electron chi connectivity index (χ4n) is 1.23. The molecule has 0 unspecified atom stereocenters. The van der Waals surface area contributed by atoms with Gasteiger partial charge in [0.15, 0.2) is 0 Å². The molecule has 0 bridgehead atoms. The number of rotatable bonds is 4. The molecular weight excluding hydrogens is 224 g/mol. The van der Waals surface area contributed by atoms with Gasteiger partial charge in [-0.2, -0.15) is 5.26 Å². The van der Waals surface area contributed by atoms with Crippen LogP contribution in [0.3, 0.4) is 0 Å². The van der Waals surface area contributed by atoms with Gasteiger partial charge in [0, 0.05) is 6.54 Å². The van der Waals surface area contributed by atoms with Crippen molar-refractivity contribution in [3.8, 4) is 6.07 Å². The summed E-state index contributed by atoms with van der Waals surface area (Å²) in [5.41, 5.74) is 0.590. The van der Waals surface area contributed by atoms with Crippen LogP contribution in [0.5, 0.6) is 0 Å². The van der Waals surface area contributed by atoms with Crippen molar-refractivity contribution in [2.45, 2.75) is 25.9 Å². The zero-order valence-electron chi connectivity index (χ0n) is 9.42. The van der Waals surface area contributed by atoms with Crippen LogP contribution in [-0.2, 0) is 0 Å². The highest BCUT2D eigenvalue weighted by Crippen LogP contribution is 2.23. The third kappa shape index (κ3) is 4.09. The number of hydrogen-bond acceptors (Lipinski definition) is 3. The van der Waals surface area contributed by atoms with Gasteiger partial charge in [0.1, 0.15) is 0 Å². The van der Waals surface area contributed by atoms with E-state index >= 15 is 0 Å². The lowest BCUT2D eigenvalue weighted by atomic mass is 10.1. The third-order valence-corrected chi connectivity index (χ3v) is 2.48. The fraction of sp³-hybridized carbons (Fsp3) is 0.417. The normalized spacial score (nSPS) is 10.9. The summed E-state index contributed by atoms with van der Waals surface area (Å²) >= 11 is 5.97. The Balaban J connectivity index is 2.64. The highest BCUT2D eigenvalue weighted by molar-refractivity contribution is 6.33. The van der Waals surface area contributed by atoms with Gasteiger partial charge in [0.25, 0.3) is 0 Å². The summed E-state index contributed by atoms with van der Waals surface area (Å²) in [6, 6.07) is 7.11. The van der Waals surface area contributed by atoms with Crippen LogP contribution in [0.15, 0.2) is 18.2 Å². The molecule has 1 aromatic carbocycles. The number of nitrogens with one attached hydrogen (secondary N) is 1. The summed E-state index contributed by atoms with van der Waals surface area (Å²) in [5, 5.41) is 22.0. The molecule has 0 aliphatic heterocycles. The molecule has 1 aromatic rings. The highest BCUT2D eigenvalue weighted by atomic mass is 35.5. The molecule has 3 nitrogen and oxygen atoms in total. The maximum Gasteiger partial charge on any atom is 0.0992 e. The van der Waals surface area contributed by atoms with Crippen molar-refractivity contribution in [2.75, 3.05) is 11.9 Å². The van der Waals surface area contributed by atoms with Crippen LogP contribution < -0.4 is 5.32 Å². The Bertz CT molecular complexity index is 404. The van der Waals surface area contributed by atoms with Gasteiger partial charge in [-0.1, -0.05) is 11.6 Å². The van der Waals surface area contributed by atoms with Crippen LogP contribution in [0.1, 0.15) is 25.8 Å². The zero-order chi connectivity index (χ0) is 12.2. The van der Waals surface area contributed by atoms with Crippen LogP contribution in [0.2, 0.25) is 5.02 Å². The van der Waals surface area contributed by atoms with E-state index < -0.39 is 5.60 Å². The Morgan fingerprint density at radius 2 is 2.19 bits per heavy atom. The summed E-state index contributed by atoms with van der Waals surface area (Å²) in [4.78, 5) is 0. The predicted molar refractivity (Wildman–Crippen MR) is 65.6 cm³/mol. The molecule has 0 aromatic heterocycles. The summed E-state index contributed by atoms with van der Waals surface area (Å²) in [7, 11) is 0. The summed E-state index contributed by atoms with van der Waals surface area (Å²) in [6.07, 6.45) is 0.611. The van der Waals surface area contributed by atoms with E-state index in [4.69, 9.17) is 16.9 Å². The van der Waals surface area contributed by atoms with Crippen molar-refractivity contribution in [2.24, 2.45) is 0 Å². The predicted octanol–water partition coefficient (Wildman–Crippen LogP) is 2.78. The zero-order valence-corrected chi connectivity index (χ0v) is 10.2. The Hall–Kier alpha value is -1.24. The fourth-order valence-corrected chi connectivity index (χ4v) is 1.42. The van der Waals surface area contributed by atoms with E-state index in [0.29, 0.717) is 23.6 Å². The molecule has 2 N–H and O–H groups in total. The lowest BCUT2D eigenvalue weighted by molar-refractivity contribution is 0.0749. The van der Waals surface area contributed by atoms with E-state index in [1.54, 1.807) is 32.0 Å². The number of hydrogen-bond donors (Lipinski definition) is 2. The SMILES string of the molecule is CC(C)(O)CCNc1cc(C#N)ccc1Cl. The van der Waals surface area contributed by atoms with Crippen molar-refractivity contribution in [1.82, 2.24) is 0 Å². The molecule has 86 valence electrons. The second-order valence-electron chi connectivity index (χ2n) is 4.30. The number of anilines is 1. The van der Waals surface area contributed by atoms with E-state index in [1.165, 1.54) is 0 Å². The van der Waals surface area contributed by atoms with Gasteiger partial charge in [0.05, 0.1) is 27.9 Å². The molecule has 0 amide bonds. The Kier molecular flexibility index (Phi) is 4.17. The van der Waals surface area contributed by atoms with Gasteiger partial charge >= 0.3 is 0 Å². The van der Waals surface area contributed by atoms with Gasteiger partial charge in [-0.3, -0.25) is 0 Å². The molecule has 0 saturated carbocycles. The van der Waals surface area contributed by atoms with Crippen molar-refractivity contribution in [3.63, 3.8) is 0 Å². The van der Waals surface area contributed by atoms with Gasteiger partial charge in [-0.25, -0.2) is 0 Å². The molecule has 1 rings (SSSR count). The summed E-state index contributed by atoms with van der Waals surface area (Å²) in [5.74, 6) is 0. The van der Waals surface area contributed by atoms with Crippen LogP contribution in [-0.4, -0.2) is 17.3 Å². The minimum Gasteiger partial charge on any atom is -0.390 e. The van der Waals surface area contributed by atoms with Gasteiger partial charge in [-0.15, -0.1) is 0 Å². The molecule has 0 fully saturated rings. The van der Waals surface area contributed by atoms with E-state index in [1.807, 2.05) is 0 Å². The smallest absolute Gasteiger partial charge is 0.0992 e. The van der Waals surface area contributed by atoms with E-state index in [9.17, 15) is 5.11 Å². The minimum absolute atomic E-state index is 0.565. The molecular formula is C12H15ClN2O. The maximum absolute atomic E-state index is 9.54. The quantitative estimate of drug-likeness (QED) is 0.848. The Morgan fingerprint density at radius 1 is 1.50 bits per heavy atom. The lowest BCUT2D eigenvalue weighted by Gasteiger charge is -2.17. The number of aliphatic hydroxyl groups is 1. The lowest BCUT2D eigenvalue weighted by Crippen LogP contribution is -2.22. The van der Waals surface area contributed by atoms with Crippen LogP contribution in [0.4, 0.5) is 5.69 Å². The average Bonchev–Trinajstić information content (AvgIpc) is 2.19. The molecule has 0 spiro atoms. The van der Waals surface area contributed by atoms with E-state index in [0.717, 1.165) is 5.69 Å². The Labute approximate surface area is 101 Å². The first kappa shape index (κ1) is 12.8. The van der Waals surface area contributed by atoms with Crippen molar-refractivity contribution in [1.29, 1.82) is 5.26 Å². The minimum atomic E-state index is -0.702. The average molecular weight is 239 g/mol. The van der Waals surface area contributed by atoms with Crippen LogP contribution >= 0.6 is 11.6 Å².